The Morgan fingerprint density at radius 2 is 1.78 bits per heavy atom. The predicted octanol–water partition coefficient (Wildman–Crippen LogP) is 3.29. The van der Waals surface area contributed by atoms with Gasteiger partial charge in [-0.2, -0.15) is 0 Å². The molecule has 37 heavy (non-hydrogen) atoms. The van der Waals surface area contributed by atoms with E-state index in [0.29, 0.717) is 18.8 Å². The van der Waals surface area contributed by atoms with Gasteiger partial charge in [0.2, 0.25) is 17.7 Å². The molecule has 1 atom stereocenters. The first-order valence-corrected chi connectivity index (χ1v) is 12.7. The van der Waals surface area contributed by atoms with Crippen molar-refractivity contribution in [1.82, 2.24) is 10.1 Å². The minimum atomic E-state index is -0.451. The molecular formula is C28H32N4O5. The molecule has 2 fully saturated rings. The van der Waals surface area contributed by atoms with Crippen molar-refractivity contribution in [3.05, 3.63) is 71.4 Å². The van der Waals surface area contributed by atoms with Crippen LogP contribution in [0, 0.1) is 5.92 Å². The Labute approximate surface area is 216 Å². The molecule has 9 nitrogen and oxygen atoms in total. The van der Waals surface area contributed by atoms with E-state index < -0.39 is 5.92 Å². The SMILES string of the molecule is COc1ccc(CCc2cc(NC(=O)C3CC(=O)N(c4ccc(CN5CCOCC5)cc4)C3)on2)cc1. The largest absolute Gasteiger partial charge is 0.497 e. The number of hydrogen-bond donors (Lipinski definition) is 1. The third-order valence-corrected chi connectivity index (χ3v) is 6.89. The summed E-state index contributed by atoms with van der Waals surface area (Å²) in [6.45, 7) is 4.59. The van der Waals surface area contributed by atoms with Crippen LogP contribution in [0.15, 0.2) is 59.1 Å². The van der Waals surface area contributed by atoms with Crippen molar-refractivity contribution in [1.29, 1.82) is 0 Å². The number of nitrogens with one attached hydrogen (secondary N) is 1. The topological polar surface area (TPSA) is 97.1 Å². The summed E-state index contributed by atoms with van der Waals surface area (Å²) in [5.41, 5.74) is 3.92. The lowest BCUT2D eigenvalue weighted by Crippen LogP contribution is -2.35. The molecule has 0 radical (unpaired) electrons. The number of hydrogen-bond acceptors (Lipinski definition) is 7. The van der Waals surface area contributed by atoms with Crippen molar-refractivity contribution >= 4 is 23.4 Å². The summed E-state index contributed by atoms with van der Waals surface area (Å²) in [4.78, 5) is 29.6. The molecule has 2 amide bonds. The number of ether oxygens (including phenoxy) is 2. The van der Waals surface area contributed by atoms with Crippen molar-refractivity contribution in [3.63, 3.8) is 0 Å². The molecule has 2 aromatic carbocycles. The van der Waals surface area contributed by atoms with Gasteiger partial charge in [-0.3, -0.25) is 19.8 Å². The molecule has 2 aliphatic rings. The molecule has 0 spiro atoms. The maximum absolute atomic E-state index is 12.9. The monoisotopic (exact) mass is 504 g/mol. The van der Waals surface area contributed by atoms with Gasteiger partial charge in [-0.15, -0.1) is 0 Å². The smallest absolute Gasteiger partial charge is 0.232 e. The van der Waals surface area contributed by atoms with E-state index in [1.165, 1.54) is 5.56 Å². The fourth-order valence-electron chi connectivity index (χ4n) is 4.71. The fourth-order valence-corrected chi connectivity index (χ4v) is 4.71. The highest BCUT2D eigenvalue weighted by atomic mass is 16.5. The maximum Gasteiger partial charge on any atom is 0.232 e. The number of rotatable bonds is 9. The Bertz CT molecular complexity index is 1200. The summed E-state index contributed by atoms with van der Waals surface area (Å²) in [5.74, 6) is 0.373. The van der Waals surface area contributed by atoms with E-state index in [4.69, 9.17) is 14.0 Å². The summed E-state index contributed by atoms with van der Waals surface area (Å²) in [6, 6.07) is 17.6. The zero-order valence-electron chi connectivity index (χ0n) is 21.0. The molecule has 3 aromatic rings. The second kappa shape index (κ2) is 11.6. The standard InChI is InChI=1S/C28H32N4O5/c1-35-25-10-5-20(6-11-25)2-7-23-17-26(37-30-23)29-28(34)22-16-27(33)32(19-22)24-8-3-21(4-9-24)18-31-12-14-36-15-13-31/h3-6,8-11,17,22H,2,7,12-16,18-19H2,1H3,(H,29,34). The van der Waals surface area contributed by atoms with Crippen LogP contribution in [0.3, 0.4) is 0 Å². The van der Waals surface area contributed by atoms with E-state index in [1.54, 1.807) is 18.1 Å². The normalized spacial score (nSPS) is 18.2. The lowest BCUT2D eigenvalue weighted by atomic mass is 10.1. The fraction of sp³-hybridized carbons (Fsp3) is 0.393. The molecule has 0 aliphatic carbocycles. The molecule has 0 bridgehead atoms. The Morgan fingerprint density at radius 1 is 1.05 bits per heavy atom. The molecule has 194 valence electrons. The van der Waals surface area contributed by atoms with Crippen LogP contribution in [0.2, 0.25) is 0 Å². The summed E-state index contributed by atoms with van der Waals surface area (Å²) in [6.07, 6.45) is 1.64. The molecular weight excluding hydrogens is 472 g/mol. The molecule has 2 aliphatic heterocycles. The van der Waals surface area contributed by atoms with E-state index >= 15 is 0 Å². The summed E-state index contributed by atoms with van der Waals surface area (Å²) in [7, 11) is 1.64. The lowest BCUT2D eigenvalue weighted by molar-refractivity contribution is -0.122. The number of benzene rings is 2. The Morgan fingerprint density at radius 3 is 2.51 bits per heavy atom. The van der Waals surface area contributed by atoms with Crippen molar-refractivity contribution in [2.75, 3.05) is 50.2 Å². The molecule has 3 heterocycles. The van der Waals surface area contributed by atoms with Gasteiger partial charge >= 0.3 is 0 Å². The van der Waals surface area contributed by atoms with Crippen LogP contribution in [-0.2, 0) is 33.7 Å². The number of nitrogens with zero attached hydrogens (tertiary/aromatic N) is 3. The molecule has 2 saturated heterocycles. The molecule has 1 unspecified atom stereocenters. The van der Waals surface area contributed by atoms with Gasteiger partial charge in [0.15, 0.2) is 0 Å². The van der Waals surface area contributed by atoms with Crippen molar-refractivity contribution in [3.8, 4) is 5.75 Å². The summed E-state index contributed by atoms with van der Waals surface area (Å²) >= 11 is 0. The third-order valence-electron chi connectivity index (χ3n) is 6.89. The Hall–Kier alpha value is -3.69. The average molecular weight is 505 g/mol. The van der Waals surface area contributed by atoms with Crippen molar-refractivity contribution in [2.24, 2.45) is 5.92 Å². The van der Waals surface area contributed by atoms with E-state index in [1.807, 2.05) is 48.5 Å². The molecule has 0 saturated carbocycles. The zero-order chi connectivity index (χ0) is 25.6. The third kappa shape index (κ3) is 6.36. The van der Waals surface area contributed by atoms with Gasteiger partial charge in [0.05, 0.1) is 31.9 Å². The number of amides is 2. The van der Waals surface area contributed by atoms with Gasteiger partial charge in [0, 0.05) is 44.4 Å². The van der Waals surface area contributed by atoms with Gasteiger partial charge in [0.1, 0.15) is 5.75 Å². The first-order chi connectivity index (χ1) is 18.1. The van der Waals surface area contributed by atoms with Crippen LogP contribution >= 0.6 is 0 Å². The highest BCUT2D eigenvalue weighted by molar-refractivity contribution is 6.03. The van der Waals surface area contributed by atoms with E-state index in [0.717, 1.165) is 62.0 Å². The average Bonchev–Trinajstić information content (AvgIpc) is 3.55. The van der Waals surface area contributed by atoms with Crippen LogP contribution in [0.5, 0.6) is 5.75 Å². The number of aryl methyl sites for hydroxylation is 2. The molecule has 1 N–H and O–H groups in total. The van der Waals surface area contributed by atoms with E-state index in [9.17, 15) is 9.59 Å². The maximum atomic E-state index is 12.9. The quantitative estimate of drug-likeness (QED) is 0.478. The number of carbonyl (C=O) groups excluding carboxylic acids is 2. The minimum absolute atomic E-state index is 0.0566. The number of anilines is 2. The second-order valence-electron chi connectivity index (χ2n) is 9.48. The van der Waals surface area contributed by atoms with Gasteiger partial charge in [-0.25, -0.2) is 0 Å². The van der Waals surface area contributed by atoms with E-state index in [-0.39, 0.29) is 18.2 Å². The van der Waals surface area contributed by atoms with Crippen LogP contribution in [-0.4, -0.2) is 61.8 Å². The van der Waals surface area contributed by atoms with Gasteiger partial charge in [-0.05, 0) is 48.2 Å². The molecule has 5 rings (SSSR count). The zero-order valence-corrected chi connectivity index (χ0v) is 21.0. The summed E-state index contributed by atoms with van der Waals surface area (Å²) in [5, 5.41) is 6.86. The minimum Gasteiger partial charge on any atom is -0.497 e. The lowest BCUT2D eigenvalue weighted by Gasteiger charge is -2.26. The van der Waals surface area contributed by atoms with Crippen molar-refractivity contribution in [2.45, 2.75) is 25.8 Å². The van der Waals surface area contributed by atoms with Crippen molar-refractivity contribution < 1.29 is 23.6 Å². The summed E-state index contributed by atoms with van der Waals surface area (Å²) < 4.78 is 15.9. The van der Waals surface area contributed by atoms with Crippen LogP contribution in [0.4, 0.5) is 11.6 Å². The predicted molar refractivity (Wildman–Crippen MR) is 139 cm³/mol. The highest BCUT2D eigenvalue weighted by Crippen LogP contribution is 2.27. The molecule has 9 heteroatoms. The number of carbonyl (C=O) groups is 2. The first kappa shape index (κ1) is 25.0. The van der Waals surface area contributed by atoms with Crippen LogP contribution in [0.25, 0.3) is 0 Å². The Kier molecular flexibility index (Phi) is 7.82. The van der Waals surface area contributed by atoms with E-state index in [2.05, 4.69) is 15.4 Å². The highest BCUT2D eigenvalue weighted by Gasteiger charge is 2.35. The number of aromatic nitrogens is 1. The second-order valence-corrected chi connectivity index (χ2v) is 9.48. The number of methoxy groups -OCH3 is 1. The first-order valence-electron chi connectivity index (χ1n) is 12.7. The van der Waals surface area contributed by atoms with Crippen LogP contribution in [0.1, 0.15) is 23.2 Å². The van der Waals surface area contributed by atoms with Crippen LogP contribution < -0.4 is 15.0 Å². The Balaban J connectivity index is 1.12. The van der Waals surface area contributed by atoms with Gasteiger partial charge in [-0.1, -0.05) is 29.4 Å². The number of morpholine rings is 1. The van der Waals surface area contributed by atoms with Gasteiger partial charge in [0.25, 0.3) is 0 Å². The molecule has 1 aromatic heterocycles. The van der Waals surface area contributed by atoms with Gasteiger partial charge < -0.3 is 18.9 Å².